The Bertz CT molecular complexity index is 600. The van der Waals surface area contributed by atoms with E-state index in [1.54, 1.807) is 6.92 Å². The second-order valence-corrected chi connectivity index (χ2v) is 5.53. The number of aromatic nitrogens is 2. The number of aliphatic hydroxyl groups excluding tert-OH is 1. The second kappa shape index (κ2) is 5.29. The van der Waals surface area contributed by atoms with Crippen molar-refractivity contribution in [2.24, 2.45) is 0 Å². The molecule has 0 radical (unpaired) electrons. The van der Waals surface area contributed by atoms with Crippen LogP contribution in [0.25, 0.3) is 0 Å². The van der Waals surface area contributed by atoms with Crippen LogP contribution >= 0.6 is 0 Å². The van der Waals surface area contributed by atoms with Crippen LogP contribution in [0.15, 0.2) is 30.7 Å². The topological polar surface area (TPSA) is 47.3 Å². The van der Waals surface area contributed by atoms with Crippen molar-refractivity contribution in [3.05, 3.63) is 47.5 Å². The lowest BCUT2D eigenvalue weighted by Gasteiger charge is -2.15. The third-order valence-electron chi connectivity index (χ3n) is 3.68. The Morgan fingerprint density at radius 3 is 2.95 bits per heavy atom. The van der Waals surface area contributed by atoms with Gasteiger partial charge in [0.15, 0.2) is 0 Å². The summed E-state index contributed by atoms with van der Waals surface area (Å²) in [6.07, 6.45) is 5.66. The highest BCUT2D eigenvalue weighted by Crippen LogP contribution is 2.36. The van der Waals surface area contributed by atoms with Crippen molar-refractivity contribution in [1.29, 1.82) is 0 Å². The highest BCUT2D eigenvalue weighted by molar-refractivity contribution is 5.38. The molecule has 0 unspecified atom stereocenters. The first-order valence-electron chi connectivity index (χ1n) is 7.07. The van der Waals surface area contributed by atoms with Crippen LogP contribution in [0.1, 0.15) is 48.7 Å². The van der Waals surface area contributed by atoms with Crippen molar-refractivity contribution in [3.63, 3.8) is 0 Å². The average molecular weight is 272 g/mol. The smallest absolute Gasteiger partial charge is 0.130 e. The van der Waals surface area contributed by atoms with E-state index in [0.29, 0.717) is 12.6 Å². The van der Waals surface area contributed by atoms with Crippen LogP contribution in [-0.2, 0) is 6.61 Å². The van der Waals surface area contributed by atoms with Gasteiger partial charge in [-0.25, -0.2) is 4.98 Å². The molecule has 106 valence electrons. The molecule has 3 rings (SSSR count). The molecule has 1 aliphatic carbocycles. The third-order valence-corrected chi connectivity index (χ3v) is 3.68. The first kappa shape index (κ1) is 13.2. The average Bonchev–Trinajstić information content (AvgIpc) is 3.15. The SMILES string of the molecule is Cc1ccc([C@H](C)O)c(OCc2cncn2C2CC2)c1. The van der Waals surface area contributed by atoms with E-state index < -0.39 is 6.10 Å². The molecule has 2 aromatic rings. The molecule has 1 aromatic carbocycles. The number of rotatable bonds is 5. The number of benzene rings is 1. The summed E-state index contributed by atoms with van der Waals surface area (Å²) in [7, 11) is 0. The van der Waals surface area contributed by atoms with Crippen molar-refractivity contribution in [2.45, 2.75) is 45.4 Å². The van der Waals surface area contributed by atoms with Gasteiger partial charge in [-0.1, -0.05) is 12.1 Å². The second-order valence-electron chi connectivity index (χ2n) is 5.53. The maximum absolute atomic E-state index is 9.81. The number of ether oxygens (including phenoxy) is 1. The maximum atomic E-state index is 9.81. The summed E-state index contributed by atoms with van der Waals surface area (Å²) >= 11 is 0. The van der Waals surface area contributed by atoms with E-state index in [2.05, 4.69) is 9.55 Å². The number of hydrogen-bond acceptors (Lipinski definition) is 3. The number of imidazole rings is 1. The van der Waals surface area contributed by atoms with E-state index in [0.717, 1.165) is 22.6 Å². The monoisotopic (exact) mass is 272 g/mol. The van der Waals surface area contributed by atoms with Crippen molar-refractivity contribution in [1.82, 2.24) is 9.55 Å². The molecule has 1 aliphatic rings. The van der Waals surface area contributed by atoms with Crippen LogP contribution in [0.2, 0.25) is 0 Å². The van der Waals surface area contributed by atoms with E-state index in [-0.39, 0.29) is 0 Å². The molecule has 0 bridgehead atoms. The van der Waals surface area contributed by atoms with Gasteiger partial charge in [0, 0.05) is 11.6 Å². The first-order chi connectivity index (χ1) is 9.65. The van der Waals surface area contributed by atoms with Crippen LogP contribution in [0.3, 0.4) is 0 Å². The minimum Gasteiger partial charge on any atom is -0.487 e. The van der Waals surface area contributed by atoms with Crippen LogP contribution in [0.4, 0.5) is 0 Å². The van der Waals surface area contributed by atoms with Crippen LogP contribution in [-0.4, -0.2) is 14.7 Å². The number of nitrogens with zero attached hydrogens (tertiary/aromatic N) is 2. The number of aryl methyl sites for hydroxylation is 1. The van der Waals surface area contributed by atoms with Gasteiger partial charge in [0.2, 0.25) is 0 Å². The molecule has 4 heteroatoms. The van der Waals surface area contributed by atoms with Gasteiger partial charge in [0.25, 0.3) is 0 Å². The number of hydrogen-bond donors (Lipinski definition) is 1. The molecule has 0 amide bonds. The molecule has 1 aromatic heterocycles. The zero-order valence-corrected chi connectivity index (χ0v) is 11.9. The Kier molecular flexibility index (Phi) is 3.49. The van der Waals surface area contributed by atoms with Gasteiger partial charge in [0.1, 0.15) is 12.4 Å². The van der Waals surface area contributed by atoms with Gasteiger partial charge in [-0.05, 0) is 38.3 Å². The van der Waals surface area contributed by atoms with Gasteiger partial charge in [-0.3, -0.25) is 0 Å². The Labute approximate surface area is 119 Å². The molecule has 0 saturated heterocycles. The molecule has 4 nitrogen and oxygen atoms in total. The third kappa shape index (κ3) is 2.70. The standard InChI is InChI=1S/C16H20N2O2/c1-11-3-6-15(12(2)19)16(7-11)20-9-14-8-17-10-18(14)13-4-5-13/h3,6-8,10,12-13,19H,4-5,9H2,1-2H3/t12-/m0/s1. The molecular formula is C16H20N2O2. The van der Waals surface area contributed by atoms with E-state index in [9.17, 15) is 5.11 Å². The quantitative estimate of drug-likeness (QED) is 0.909. The predicted molar refractivity (Wildman–Crippen MR) is 76.6 cm³/mol. The van der Waals surface area contributed by atoms with Crippen molar-refractivity contribution in [2.75, 3.05) is 0 Å². The fourth-order valence-electron chi connectivity index (χ4n) is 2.39. The highest BCUT2D eigenvalue weighted by Gasteiger charge is 2.25. The Morgan fingerprint density at radius 1 is 1.45 bits per heavy atom. The van der Waals surface area contributed by atoms with E-state index >= 15 is 0 Å². The largest absolute Gasteiger partial charge is 0.487 e. The van der Waals surface area contributed by atoms with E-state index in [1.807, 2.05) is 37.6 Å². The van der Waals surface area contributed by atoms with Gasteiger partial charge >= 0.3 is 0 Å². The van der Waals surface area contributed by atoms with Crippen molar-refractivity contribution < 1.29 is 9.84 Å². The minimum atomic E-state index is -0.529. The minimum absolute atomic E-state index is 0.486. The first-order valence-corrected chi connectivity index (χ1v) is 7.07. The van der Waals surface area contributed by atoms with Gasteiger partial charge in [-0.2, -0.15) is 0 Å². The zero-order chi connectivity index (χ0) is 14.1. The zero-order valence-electron chi connectivity index (χ0n) is 11.9. The van der Waals surface area contributed by atoms with Gasteiger partial charge < -0.3 is 14.4 Å². The lowest BCUT2D eigenvalue weighted by Crippen LogP contribution is -2.06. The lowest BCUT2D eigenvalue weighted by atomic mass is 10.1. The molecule has 20 heavy (non-hydrogen) atoms. The summed E-state index contributed by atoms with van der Waals surface area (Å²) in [5.41, 5.74) is 3.04. The lowest BCUT2D eigenvalue weighted by molar-refractivity contribution is 0.189. The Hall–Kier alpha value is -1.81. The molecule has 0 spiro atoms. The van der Waals surface area contributed by atoms with Gasteiger partial charge in [0.05, 0.1) is 24.3 Å². The van der Waals surface area contributed by atoms with Crippen molar-refractivity contribution in [3.8, 4) is 5.75 Å². The molecular weight excluding hydrogens is 252 g/mol. The summed E-state index contributed by atoms with van der Waals surface area (Å²) < 4.78 is 8.11. The summed E-state index contributed by atoms with van der Waals surface area (Å²) in [6.45, 7) is 4.26. The summed E-state index contributed by atoms with van der Waals surface area (Å²) in [4.78, 5) is 4.20. The Morgan fingerprint density at radius 2 is 2.25 bits per heavy atom. The Balaban J connectivity index is 1.77. The predicted octanol–water partition coefficient (Wildman–Crippen LogP) is 3.16. The maximum Gasteiger partial charge on any atom is 0.130 e. The van der Waals surface area contributed by atoms with Crippen molar-refractivity contribution >= 4 is 0 Å². The van der Waals surface area contributed by atoms with E-state index in [4.69, 9.17) is 4.74 Å². The molecule has 1 heterocycles. The summed E-state index contributed by atoms with van der Waals surface area (Å²) in [6, 6.07) is 6.49. The molecule has 1 atom stereocenters. The van der Waals surface area contributed by atoms with E-state index in [1.165, 1.54) is 12.8 Å². The van der Waals surface area contributed by atoms with Crippen LogP contribution in [0, 0.1) is 6.92 Å². The molecule has 1 N–H and O–H groups in total. The molecule has 0 aliphatic heterocycles. The highest BCUT2D eigenvalue weighted by atomic mass is 16.5. The summed E-state index contributed by atoms with van der Waals surface area (Å²) in [5.74, 6) is 0.753. The fraction of sp³-hybridized carbons (Fsp3) is 0.438. The fourth-order valence-corrected chi connectivity index (χ4v) is 2.39. The normalized spacial score (nSPS) is 16.1. The molecule has 1 saturated carbocycles. The summed E-state index contributed by atoms with van der Waals surface area (Å²) in [5, 5.41) is 9.81. The number of aliphatic hydroxyl groups is 1. The van der Waals surface area contributed by atoms with Crippen LogP contribution < -0.4 is 4.74 Å². The molecule has 1 fully saturated rings. The van der Waals surface area contributed by atoms with Crippen LogP contribution in [0.5, 0.6) is 5.75 Å². The van der Waals surface area contributed by atoms with Gasteiger partial charge in [-0.15, -0.1) is 0 Å².